The topological polar surface area (TPSA) is 63.3 Å². The number of benzene rings is 1. The number of carbonyl (C=O) groups excluding carboxylic acids is 1. The number of phenols is 1. The van der Waals surface area contributed by atoms with Crippen molar-refractivity contribution in [1.29, 1.82) is 0 Å². The van der Waals surface area contributed by atoms with E-state index >= 15 is 0 Å². The fourth-order valence-electron chi connectivity index (χ4n) is 1.22. The first-order valence-electron chi connectivity index (χ1n) is 4.17. The Morgan fingerprint density at radius 3 is 2.46 bits per heavy atom. The molecule has 1 rings (SSSR count). The van der Waals surface area contributed by atoms with E-state index in [0.717, 1.165) is 5.56 Å². The van der Waals surface area contributed by atoms with E-state index < -0.39 is 0 Å². The van der Waals surface area contributed by atoms with Crippen LogP contribution in [0, 0.1) is 0 Å². The van der Waals surface area contributed by atoms with Gasteiger partial charge in [-0.3, -0.25) is 4.79 Å². The molecule has 0 spiro atoms. The van der Waals surface area contributed by atoms with Crippen LogP contribution in [0.3, 0.4) is 0 Å². The van der Waals surface area contributed by atoms with Crippen LogP contribution in [-0.4, -0.2) is 11.0 Å². The molecule has 0 heterocycles. The third-order valence-corrected chi connectivity index (χ3v) is 1.97. The fourth-order valence-corrected chi connectivity index (χ4v) is 1.22. The van der Waals surface area contributed by atoms with Gasteiger partial charge in [0.2, 0.25) is 5.91 Å². The molecule has 3 N–H and O–H groups in total. The number of nitrogens with two attached hydrogens (primary N) is 1. The van der Waals surface area contributed by atoms with Crippen molar-refractivity contribution >= 4 is 5.91 Å². The highest BCUT2D eigenvalue weighted by molar-refractivity contribution is 5.74. The van der Waals surface area contributed by atoms with Crippen LogP contribution in [0.25, 0.3) is 0 Å². The van der Waals surface area contributed by atoms with Crippen LogP contribution in [-0.2, 0) is 4.79 Å². The van der Waals surface area contributed by atoms with Gasteiger partial charge in [0.1, 0.15) is 5.75 Å². The van der Waals surface area contributed by atoms with E-state index in [4.69, 9.17) is 10.8 Å². The molecule has 0 aliphatic carbocycles. The second-order valence-electron chi connectivity index (χ2n) is 3.16. The lowest BCUT2D eigenvalue weighted by atomic mass is 9.98. The Hall–Kier alpha value is -1.51. The normalized spacial score (nSPS) is 12.4. The highest BCUT2D eigenvalue weighted by atomic mass is 16.3. The number of phenolic OH excluding ortho intramolecular Hbond substituents is 1. The van der Waals surface area contributed by atoms with Crippen molar-refractivity contribution in [3.8, 4) is 5.75 Å². The van der Waals surface area contributed by atoms with Crippen molar-refractivity contribution in [2.24, 2.45) is 5.73 Å². The molecule has 1 unspecified atom stereocenters. The summed E-state index contributed by atoms with van der Waals surface area (Å²) in [6, 6.07) is 6.80. The van der Waals surface area contributed by atoms with Gasteiger partial charge in [-0.1, -0.05) is 19.1 Å². The lowest BCUT2D eigenvalue weighted by Crippen LogP contribution is -2.13. The Morgan fingerprint density at radius 2 is 2.00 bits per heavy atom. The highest BCUT2D eigenvalue weighted by Crippen LogP contribution is 2.20. The molecule has 0 radical (unpaired) electrons. The average Bonchev–Trinajstić information content (AvgIpc) is 2.04. The van der Waals surface area contributed by atoms with Crippen LogP contribution >= 0.6 is 0 Å². The van der Waals surface area contributed by atoms with Crippen LogP contribution in [0.1, 0.15) is 24.8 Å². The Kier molecular flexibility index (Phi) is 2.90. The molecule has 0 fully saturated rings. The van der Waals surface area contributed by atoms with Gasteiger partial charge in [-0.05, 0) is 23.6 Å². The average molecular weight is 179 g/mol. The van der Waals surface area contributed by atoms with Gasteiger partial charge >= 0.3 is 0 Å². The Morgan fingerprint density at radius 1 is 1.46 bits per heavy atom. The van der Waals surface area contributed by atoms with E-state index in [0.29, 0.717) is 6.42 Å². The molecule has 0 saturated heterocycles. The number of hydrogen-bond acceptors (Lipinski definition) is 2. The number of rotatable bonds is 3. The number of hydrogen-bond donors (Lipinski definition) is 2. The summed E-state index contributed by atoms with van der Waals surface area (Å²) in [6.45, 7) is 1.93. The lowest BCUT2D eigenvalue weighted by Gasteiger charge is -2.08. The van der Waals surface area contributed by atoms with E-state index in [1.54, 1.807) is 24.3 Å². The molecule has 0 bridgehead atoms. The Labute approximate surface area is 77.2 Å². The predicted octanol–water partition coefficient (Wildman–Crippen LogP) is 1.37. The third-order valence-electron chi connectivity index (χ3n) is 1.97. The van der Waals surface area contributed by atoms with Crippen molar-refractivity contribution in [2.75, 3.05) is 0 Å². The molecule has 1 aromatic carbocycles. The lowest BCUT2D eigenvalue weighted by molar-refractivity contribution is -0.118. The molecule has 1 amide bonds. The summed E-state index contributed by atoms with van der Waals surface area (Å²) in [4.78, 5) is 10.6. The van der Waals surface area contributed by atoms with Gasteiger partial charge in [-0.15, -0.1) is 0 Å². The zero-order valence-corrected chi connectivity index (χ0v) is 7.53. The largest absolute Gasteiger partial charge is 0.508 e. The van der Waals surface area contributed by atoms with Crippen molar-refractivity contribution in [1.82, 2.24) is 0 Å². The number of amides is 1. The summed E-state index contributed by atoms with van der Waals surface area (Å²) in [5.74, 6) is 0.0358. The van der Waals surface area contributed by atoms with Gasteiger partial charge < -0.3 is 10.8 Å². The Bertz CT molecular complexity index is 292. The molecule has 0 aliphatic rings. The van der Waals surface area contributed by atoms with Gasteiger partial charge in [0.25, 0.3) is 0 Å². The second-order valence-corrected chi connectivity index (χ2v) is 3.16. The Balaban J connectivity index is 2.71. The SMILES string of the molecule is CC(CC(N)=O)c1ccc(O)cc1. The summed E-state index contributed by atoms with van der Waals surface area (Å²) < 4.78 is 0. The van der Waals surface area contributed by atoms with E-state index in [9.17, 15) is 4.79 Å². The molecule has 70 valence electrons. The molecule has 0 aromatic heterocycles. The van der Waals surface area contributed by atoms with Gasteiger partial charge in [0.15, 0.2) is 0 Å². The zero-order valence-electron chi connectivity index (χ0n) is 7.53. The van der Waals surface area contributed by atoms with Crippen LogP contribution in [0.4, 0.5) is 0 Å². The monoisotopic (exact) mass is 179 g/mol. The maximum absolute atomic E-state index is 10.6. The smallest absolute Gasteiger partial charge is 0.218 e. The zero-order chi connectivity index (χ0) is 9.84. The van der Waals surface area contributed by atoms with Gasteiger partial charge in [-0.2, -0.15) is 0 Å². The molecule has 1 atom stereocenters. The van der Waals surface area contributed by atoms with Crippen LogP contribution in [0.5, 0.6) is 5.75 Å². The van der Waals surface area contributed by atoms with Gasteiger partial charge in [0, 0.05) is 6.42 Å². The molecule has 0 saturated carbocycles. The van der Waals surface area contributed by atoms with E-state index in [1.807, 2.05) is 6.92 Å². The summed E-state index contributed by atoms with van der Waals surface area (Å²) >= 11 is 0. The quantitative estimate of drug-likeness (QED) is 0.736. The summed E-state index contributed by atoms with van der Waals surface area (Å²) in [7, 11) is 0. The van der Waals surface area contributed by atoms with Crippen molar-refractivity contribution in [3.05, 3.63) is 29.8 Å². The second kappa shape index (κ2) is 3.94. The van der Waals surface area contributed by atoms with E-state index in [2.05, 4.69) is 0 Å². The van der Waals surface area contributed by atoms with Crippen molar-refractivity contribution in [2.45, 2.75) is 19.3 Å². The molecular formula is C10H13NO2. The van der Waals surface area contributed by atoms with E-state index in [-0.39, 0.29) is 17.6 Å². The third kappa shape index (κ3) is 2.78. The first-order valence-corrected chi connectivity index (χ1v) is 4.17. The molecular weight excluding hydrogens is 166 g/mol. The summed E-state index contributed by atoms with van der Waals surface area (Å²) in [6.07, 6.45) is 0.338. The minimum atomic E-state index is -0.305. The van der Waals surface area contributed by atoms with Crippen LogP contribution in [0.15, 0.2) is 24.3 Å². The molecule has 1 aromatic rings. The van der Waals surface area contributed by atoms with Gasteiger partial charge in [0.05, 0.1) is 0 Å². The molecule has 3 nitrogen and oxygen atoms in total. The summed E-state index contributed by atoms with van der Waals surface area (Å²) in [5.41, 5.74) is 6.08. The van der Waals surface area contributed by atoms with Gasteiger partial charge in [-0.25, -0.2) is 0 Å². The maximum atomic E-state index is 10.6. The van der Waals surface area contributed by atoms with Crippen molar-refractivity contribution < 1.29 is 9.90 Å². The fraction of sp³-hybridized carbons (Fsp3) is 0.300. The van der Waals surface area contributed by atoms with E-state index in [1.165, 1.54) is 0 Å². The number of primary amides is 1. The highest BCUT2D eigenvalue weighted by Gasteiger charge is 2.07. The number of carbonyl (C=O) groups is 1. The maximum Gasteiger partial charge on any atom is 0.218 e. The minimum Gasteiger partial charge on any atom is -0.508 e. The minimum absolute atomic E-state index is 0.109. The first kappa shape index (κ1) is 9.58. The number of aromatic hydroxyl groups is 1. The first-order chi connectivity index (χ1) is 6.09. The molecule has 0 aliphatic heterocycles. The predicted molar refractivity (Wildman–Crippen MR) is 50.3 cm³/mol. The standard InChI is InChI=1S/C10H13NO2/c1-7(6-10(11)13)8-2-4-9(12)5-3-8/h2-5,7,12H,6H2,1H3,(H2,11,13). The molecule has 3 heteroatoms. The molecule has 13 heavy (non-hydrogen) atoms. The van der Waals surface area contributed by atoms with Crippen molar-refractivity contribution in [3.63, 3.8) is 0 Å². The van der Waals surface area contributed by atoms with Crippen LogP contribution < -0.4 is 5.73 Å². The van der Waals surface area contributed by atoms with Crippen LogP contribution in [0.2, 0.25) is 0 Å². The summed E-state index contributed by atoms with van der Waals surface area (Å²) in [5, 5.41) is 9.03.